The third kappa shape index (κ3) is 6.49. The van der Waals surface area contributed by atoms with Crippen LogP contribution in [-0.4, -0.2) is 42.6 Å². The van der Waals surface area contributed by atoms with Gasteiger partial charge in [-0.3, -0.25) is 14.5 Å². The SMILES string of the molecule is CSc1ccccc1CN1CCC(CNC(=O)C(=O)NCc2ccccc2Cl)CC1. The summed E-state index contributed by atoms with van der Waals surface area (Å²) in [6, 6.07) is 15.8. The van der Waals surface area contributed by atoms with Gasteiger partial charge in [0.05, 0.1) is 0 Å². The number of amides is 2. The standard InChI is InChI=1S/C23H28ClN3O2S/c1-30-21-9-5-3-7-19(21)16-27-12-10-17(11-13-27)14-25-22(28)23(29)26-15-18-6-2-4-8-20(18)24/h2-9,17H,10-16H2,1H3,(H,25,28)(H,26,29). The van der Waals surface area contributed by atoms with E-state index in [1.165, 1.54) is 10.5 Å². The molecule has 1 saturated heterocycles. The summed E-state index contributed by atoms with van der Waals surface area (Å²) in [6.45, 7) is 3.74. The quantitative estimate of drug-likeness (QED) is 0.504. The van der Waals surface area contributed by atoms with Gasteiger partial charge >= 0.3 is 11.8 Å². The van der Waals surface area contributed by atoms with Crippen LogP contribution in [0.3, 0.4) is 0 Å². The minimum absolute atomic E-state index is 0.238. The Kier molecular flexibility index (Phi) is 8.61. The minimum Gasteiger partial charge on any atom is -0.348 e. The Bertz CT molecular complexity index is 869. The fraction of sp³-hybridized carbons (Fsp3) is 0.391. The van der Waals surface area contributed by atoms with Gasteiger partial charge in [-0.2, -0.15) is 0 Å². The zero-order chi connectivity index (χ0) is 21.3. The van der Waals surface area contributed by atoms with Crippen molar-refractivity contribution in [3.05, 3.63) is 64.7 Å². The highest BCUT2D eigenvalue weighted by Gasteiger charge is 2.22. The molecule has 0 bridgehead atoms. The molecule has 5 nitrogen and oxygen atoms in total. The van der Waals surface area contributed by atoms with Crippen LogP contribution < -0.4 is 10.6 Å². The van der Waals surface area contributed by atoms with E-state index in [1.807, 2.05) is 18.2 Å². The van der Waals surface area contributed by atoms with Gasteiger partial charge in [0.2, 0.25) is 0 Å². The number of halogens is 1. The van der Waals surface area contributed by atoms with Crippen LogP contribution in [0.15, 0.2) is 53.4 Å². The largest absolute Gasteiger partial charge is 0.348 e. The molecule has 2 aromatic carbocycles. The second kappa shape index (κ2) is 11.4. The Morgan fingerprint density at radius 1 is 1.00 bits per heavy atom. The van der Waals surface area contributed by atoms with Gasteiger partial charge in [0, 0.05) is 29.6 Å². The number of thioether (sulfide) groups is 1. The first-order valence-corrected chi connectivity index (χ1v) is 11.8. The molecule has 0 spiro atoms. The van der Waals surface area contributed by atoms with Crippen LogP contribution in [0.25, 0.3) is 0 Å². The normalized spacial score (nSPS) is 15.0. The van der Waals surface area contributed by atoms with Gasteiger partial charge in [0.15, 0.2) is 0 Å². The average molecular weight is 446 g/mol. The summed E-state index contributed by atoms with van der Waals surface area (Å²) in [5.41, 5.74) is 2.16. The van der Waals surface area contributed by atoms with E-state index in [9.17, 15) is 9.59 Å². The first-order chi connectivity index (χ1) is 14.6. The summed E-state index contributed by atoms with van der Waals surface area (Å²) in [4.78, 5) is 27.9. The summed E-state index contributed by atoms with van der Waals surface area (Å²) in [6.07, 6.45) is 4.14. The topological polar surface area (TPSA) is 61.4 Å². The van der Waals surface area contributed by atoms with E-state index in [-0.39, 0.29) is 6.54 Å². The number of hydrogen-bond donors (Lipinski definition) is 2. The third-order valence-electron chi connectivity index (χ3n) is 5.45. The van der Waals surface area contributed by atoms with Crippen molar-refractivity contribution in [1.82, 2.24) is 15.5 Å². The first-order valence-electron chi connectivity index (χ1n) is 10.2. The fourth-order valence-electron chi connectivity index (χ4n) is 3.64. The second-order valence-electron chi connectivity index (χ2n) is 7.52. The van der Waals surface area contributed by atoms with Crippen molar-refractivity contribution in [2.75, 3.05) is 25.9 Å². The number of carbonyl (C=O) groups excluding carboxylic acids is 2. The molecule has 3 rings (SSSR count). The van der Waals surface area contributed by atoms with Crippen molar-refractivity contribution >= 4 is 35.2 Å². The highest BCUT2D eigenvalue weighted by molar-refractivity contribution is 7.98. The van der Waals surface area contributed by atoms with Gasteiger partial charge in [-0.05, 0) is 61.4 Å². The monoisotopic (exact) mass is 445 g/mol. The van der Waals surface area contributed by atoms with E-state index in [2.05, 4.69) is 46.1 Å². The maximum atomic E-state index is 12.1. The molecule has 0 atom stereocenters. The maximum absolute atomic E-state index is 12.1. The van der Waals surface area contributed by atoms with Crippen LogP contribution >= 0.6 is 23.4 Å². The number of nitrogens with zero attached hydrogens (tertiary/aromatic N) is 1. The Labute approximate surface area is 187 Å². The number of likely N-dealkylation sites (tertiary alicyclic amines) is 1. The van der Waals surface area contributed by atoms with Gasteiger partial charge in [-0.1, -0.05) is 48.0 Å². The predicted molar refractivity (Wildman–Crippen MR) is 123 cm³/mol. The molecule has 160 valence electrons. The number of benzene rings is 2. The van der Waals surface area contributed by atoms with Crippen LogP contribution in [0.2, 0.25) is 5.02 Å². The van der Waals surface area contributed by atoms with Gasteiger partial charge in [0.1, 0.15) is 0 Å². The van der Waals surface area contributed by atoms with E-state index >= 15 is 0 Å². The van der Waals surface area contributed by atoms with Crippen LogP contribution in [0.5, 0.6) is 0 Å². The van der Waals surface area contributed by atoms with Crippen molar-refractivity contribution in [3.63, 3.8) is 0 Å². The van der Waals surface area contributed by atoms with Crippen LogP contribution in [0.4, 0.5) is 0 Å². The molecule has 0 aliphatic carbocycles. The lowest BCUT2D eigenvalue weighted by Gasteiger charge is -2.32. The summed E-state index contributed by atoms with van der Waals surface area (Å²) in [5, 5.41) is 5.98. The third-order valence-corrected chi connectivity index (χ3v) is 6.66. The summed E-state index contributed by atoms with van der Waals surface area (Å²) in [7, 11) is 0. The molecule has 2 amide bonds. The molecule has 1 fully saturated rings. The van der Waals surface area contributed by atoms with Crippen molar-refractivity contribution in [1.29, 1.82) is 0 Å². The fourth-order valence-corrected chi connectivity index (χ4v) is 4.45. The Balaban J connectivity index is 1.37. The lowest BCUT2D eigenvalue weighted by Crippen LogP contribution is -2.43. The molecule has 7 heteroatoms. The highest BCUT2D eigenvalue weighted by Crippen LogP contribution is 2.24. The van der Waals surface area contributed by atoms with Gasteiger partial charge in [0.25, 0.3) is 0 Å². The molecule has 2 N–H and O–H groups in total. The molecule has 0 unspecified atom stereocenters. The van der Waals surface area contributed by atoms with Crippen molar-refractivity contribution in [3.8, 4) is 0 Å². The number of nitrogens with one attached hydrogen (secondary N) is 2. The van der Waals surface area contributed by atoms with Gasteiger partial charge < -0.3 is 10.6 Å². The Morgan fingerprint density at radius 2 is 1.63 bits per heavy atom. The zero-order valence-corrected chi connectivity index (χ0v) is 18.8. The number of piperidine rings is 1. The molecule has 2 aromatic rings. The van der Waals surface area contributed by atoms with Gasteiger partial charge in [-0.15, -0.1) is 11.8 Å². The van der Waals surface area contributed by atoms with Crippen LogP contribution in [0.1, 0.15) is 24.0 Å². The average Bonchev–Trinajstić information content (AvgIpc) is 2.78. The van der Waals surface area contributed by atoms with E-state index in [1.54, 1.807) is 17.8 Å². The molecule has 0 radical (unpaired) electrons. The zero-order valence-electron chi connectivity index (χ0n) is 17.2. The molecule has 1 aliphatic rings. The summed E-state index contributed by atoms with van der Waals surface area (Å²) < 4.78 is 0. The summed E-state index contributed by atoms with van der Waals surface area (Å²) >= 11 is 7.86. The van der Waals surface area contributed by atoms with E-state index in [0.29, 0.717) is 17.5 Å². The van der Waals surface area contributed by atoms with Crippen molar-refractivity contribution < 1.29 is 9.59 Å². The molecule has 30 heavy (non-hydrogen) atoms. The summed E-state index contributed by atoms with van der Waals surface area (Å²) in [5.74, 6) is -0.809. The van der Waals surface area contributed by atoms with Crippen LogP contribution in [-0.2, 0) is 22.7 Å². The molecule has 0 saturated carbocycles. The van der Waals surface area contributed by atoms with Crippen molar-refractivity contribution in [2.45, 2.75) is 30.8 Å². The first kappa shape index (κ1) is 22.7. The molecule has 1 heterocycles. The van der Waals surface area contributed by atoms with Crippen LogP contribution in [0, 0.1) is 5.92 Å². The molecular weight excluding hydrogens is 418 g/mol. The highest BCUT2D eigenvalue weighted by atomic mass is 35.5. The Hall–Kier alpha value is -2.02. The lowest BCUT2D eigenvalue weighted by atomic mass is 9.96. The number of carbonyl (C=O) groups is 2. The second-order valence-corrected chi connectivity index (χ2v) is 8.77. The molecular formula is C23H28ClN3O2S. The maximum Gasteiger partial charge on any atom is 0.309 e. The number of rotatable bonds is 7. The van der Waals surface area contributed by atoms with Gasteiger partial charge in [-0.25, -0.2) is 0 Å². The smallest absolute Gasteiger partial charge is 0.309 e. The Morgan fingerprint density at radius 3 is 2.33 bits per heavy atom. The minimum atomic E-state index is -0.624. The van der Waals surface area contributed by atoms with E-state index in [0.717, 1.165) is 38.0 Å². The number of hydrogen-bond acceptors (Lipinski definition) is 4. The van der Waals surface area contributed by atoms with E-state index < -0.39 is 11.8 Å². The molecule has 0 aromatic heterocycles. The predicted octanol–water partition coefficient (Wildman–Crippen LogP) is 3.71. The molecule has 1 aliphatic heterocycles. The van der Waals surface area contributed by atoms with Crippen molar-refractivity contribution in [2.24, 2.45) is 5.92 Å². The van der Waals surface area contributed by atoms with E-state index in [4.69, 9.17) is 11.6 Å². The lowest BCUT2D eigenvalue weighted by molar-refractivity contribution is -0.139.